The van der Waals surface area contributed by atoms with Crippen LogP contribution in [-0.2, 0) is 5.41 Å². The minimum Gasteiger partial charge on any atom is -0.228 e. The number of fused-ring (bicyclic) bond motifs is 7. The topological polar surface area (TPSA) is 25.8 Å². The third-order valence-electron chi connectivity index (χ3n) is 12.1. The molecule has 0 spiro atoms. The molecule has 1 aliphatic rings. The van der Waals surface area contributed by atoms with Crippen molar-refractivity contribution < 1.29 is 0 Å². The van der Waals surface area contributed by atoms with Crippen molar-refractivity contribution in [1.82, 2.24) is 9.97 Å². The number of hydrogen-bond acceptors (Lipinski definition) is 2. The van der Waals surface area contributed by atoms with Crippen LogP contribution in [-0.4, -0.2) is 9.97 Å². The second-order valence-corrected chi connectivity index (χ2v) is 15.7. The van der Waals surface area contributed by atoms with Gasteiger partial charge in [-0.25, -0.2) is 9.97 Å². The highest BCUT2D eigenvalue weighted by molar-refractivity contribution is 6.06. The van der Waals surface area contributed by atoms with Crippen molar-refractivity contribution in [3.05, 3.63) is 205 Å². The van der Waals surface area contributed by atoms with Crippen molar-refractivity contribution >= 4 is 32.3 Å². The Morgan fingerprint density at radius 1 is 0.333 bits per heavy atom. The third-order valence-corrected chi connectivity index (χ3v) is 12.1. The summed E-state index contributed by atoms with van der Waals surface area (Å²) in [6, 6.07) is 70.2. The van der Waals surface area contributed by atoms with E-state index in [1.165, 1.54) is 71.4 Å². The summed E-state index contributed by atoms with van der Waals surface area (Å²) in [6.07, 6.45) is 0. The van der Waals surface area contributed by atoms with Crippen LogP contribution in [0.4, 0.5) is 0 Å². The summed E-state index contributed by atoms with van der Waals surface area (Å²) in [4.78, 5) is 10.4. The number of aromatic nitrogens is 2. The molecule has 268 valence electrons. The predicted molar refractivity (Wildman–Crippen MR) is 239 cm³/mol. The van der Waals surface area contributed by atoms with E-state index in [4.69, 9.17) is 9.97 Å². The first-order chi connectivity index (χ1) is 28.0. The normalized spacial score (nSPS) is 12.9. The molecular formula is C55H38N2. The highest BCUT2D eigenvalue weighted by Crippen LogP contribution is 2.52. The van der Waals surface area contributed by atoms with Crippen molar-refractivity contribution in [3.63, 3.8) is 0 Å². The zero-order valence-electron chi connectivity index (χ0n) is 31.9. The van der Waals surface area contributed by atoms with Crippen LogP contribution in [0.2, 0.25) is 0 Å². The maximum atomic E-state index is 5.25. The van der Waals surface area contributed by atoms with Gasteiger partial charge in [-0.05, 0) is 95.0 Å². The van der Waals surface area contributed by atoms with Crippen LogP contribution < -0.4 is 0 Å². The van der Waals surface area contributed by atoms with Gasteiger partial charge in [0, 0.05) is 22.1 Å². The standard InChI is InChI=1S/C55H38N2/c1-55(2)49-30-27-39(33-48(49)53-43-22-9-7-15-36(43)26-31-50(53)55)38-19-12-20-40(32-38)42-28-29-47(45-24-11-10-23-44(42)45)52-34-51(56-54(57-52)37-16-4-3-5-17-37)46-25-13-18-35-14-6-8-21-41(35)46/h3-34H,1-2H3. The first-order valence-electron chi connectivity index (χ1n) is 19.7. The zero-order valence-corrected chi connectivity index (χ0v) is 31.9. The summed E-state index contributed by atoms with van der Waals surface area (Å²) in [5.74, 6) is 0.713. The van der Waals surface area contributed by atoms with Gasteiger partial charge in [-0.15, -0.1) is 0 Å². The van der Waals surface area contributed by atoms with Gasteiger partial charge in [0.1, 0.15) is 0 Å². The molecule has 0 saturated carbocycles. The van der Waals surface area contributed by atoms with Crippen LogP contribution in [0.25, 0.3) is 99.6 Å². The van der Waals surface area contributed by atoms with Crippen molar-refractivity contribution in [2.75, 3.05) is 0 Å². The Hall–Kier alpha value is -7.16. The average Bonchev–Trinajstić information content (AvgIpc) is 3.51. The molecule has 0 radical (unpaired) electrons. The van der Waals surface area contributed by atoms with Crippen LogP contribution >= 0.6 is 0 Å². The first kappa shape index (κ1) is 33.2. The van der Waals surface area contributed by atoms with Gasteiger partial charge in [0.05, 0.1) is 11.4 Å². The Morgan fingerprint density at radius 3 is 1.67 bits per heavy atom. The highest BCUT2D eigenvalue weighted by Gasteiger charge is 2.36. The lowest BCUT2D eigenvalue weighted by molar-refractivity contribution is 0.661. The van der Waals surface area contributed by atoms with Crippen LogP contribution in [0.15, 0.2) is 194 Å². The lowest BCUT2D eigenvalue weighted by atomic mass is 9.82. The summed E-state index contributed by atoms with van der Waals surface area (Å²) >= 11 is 0. The fourth-order valence-corrected chi connectivity index (χ4v) is 9.23. The van der Waals surface area contributed by atoms with E-state index in [1.54, 1.807) is 0 Å². The maximum Gasteiger partial charge on any atom is 0.160 e. The van der Waals surface area contributed by atoms with E-state index in [9.17, 15) is 0 Å². The van der Waals surface area contributed by atoms with Crippen LogP contribution in [0, 0.1) is 0 Å². The molecule has 0 amide bonds. The predicted octanol–water partition coefficient (Wildman–Crippen LogP) is 14.6. The van der Waals surface area contributed by atoms with Crippen LogP contribution in [0.5, 0.6) is 0 Å². The smallest absolute Gasteiger partial charge is 0.160 e. The van der Waals surface area contributed by atoms with Gasteiger partial charge >= 0.3 is 0 Å². The van der Waals surface area contributed by atoms with Gasteiger partial charge in [-0.1, -0.05) is 190 Å². The number of nitrogens with zero attached hydrogens (tertiary/aromatic N) is 2. The van der Waals surface area contributed by atoms with E-state index in [1.807, 2.05) is 18.2 Å². The largest absolute Gasteiger partial charge is 0.228 e. The Kier molecular flexibility index (Phi) is 7.55. The Bertz CT molecular complexity index is 3210. The number of rotatable bonds is 5. The van der Waals surface area contributed by atoms with Gasteiger partial charge in [-0.2, -0.15) is 0 Å². The number of hydrogen-bond donors (Lipinski definition) is 0. The quantitative estimate of drug-likeness (QED) is 0.176. The Labute approximate surface area is 332 Å². The molecule has 1 aromatic heterocycles. The maximum absolute atomic E-state index is 5.25. The molecule has 0 aliphatic heterocycles. The minimum atomic E-state index is -0.0586. The minimum absolute atomic E-state index is 0.0586. The fourth-order valence-electron chi connectivity index (χ4n) is 9.23. The molecule has 57 heavy (non-hydrogen) atoms. The first-order valence-corrected chi connectivity index (χ1v) is 19.7. The fraction of sp³-hybridized carbons (Fsp3) is 0.0545. The number of benzene rings is 9. The van der Waals surface area contributed by atoms with Crippen molar-refractivity contribution in [2.45, 2.75) is 19.3 Å². The van der Waals surface area contributed by atoms with Crippen molar-refractivity contribution in [3.8, 4) is 67.3 Å². The second kappa shape index (κ2) is 13.0. The molecule has 0 saturated heterocycles. The molecule has 10 aromatic rings. The van der Waals surface area contributed by atoms with E-state index in [-0.39, 0.29) is 5.41 Å². The molecule has 0 N–H and O–H groups in total. The molecule has 0 unspecified atom stereocenters. The Morgan fingerprint density at radius 2 is 0.877 bits per heavy atom. The highest BCUT2D eigenvalue weighted by atomic mass is 14.9. The molecule has 0 atom stereocenters. The summed E-state index contributed by atoms with van der Waals surface area (Å²) in [7, 11) is 0. The van der Waals surface area contributed by atoms with Crippen molar-refractivity contribution in [1.29, 1.82) is 0 Å². The summed E-state index contributed by atoms with van der Waals surface area (Å²) in [5, 5.41) is 7.32. The van der Waals surface area contributed by atoms with E-state index in [0.717, 1.165) is 33.5 Å². The zero-order chi connectivity index (χ0) is 38.1. The lowest BCUT2D eigenvalue weighted by Crippen LogP contribution is -2.14. The van der Waals surface area contributed by atoms with Gasteiger partial charge in [0.25, 0.3) is 0 Å². The summed E-state index contributed by atoms with van der Waals surface area (Å²) in [5.41, 5.74) is 15.2. The molecule has 9 aromatic carbocycles. The molecule has 0 fully saturated rings. The summed E-state index contributed by atoms with van der Waals surface area (Å²) < 4.78 is 0. The van der Waals surface area contributed by atoms with Crippen molar-refractivity contribution in [2.24, 2.45) is 0 Å². The SMILES string of the molecule is CC1(C)c2ccc(-c3cccc(-c4ccc(-c5cc(-c6cccc7ccccc67)nc(-c6ccccc6)n5)c5ccccc45)c3)cc2-c2c1ccc1ccccc21. The molecule has 2 nitrogen and oxygen atoms in total. The molecule has 1 heterocycles. The van der Waals surface area contributed by atoms with E-state index in [0.29, 0.717) is 5.82 Å². The molecule has 2 heteroatoms. The Balaban J connectivity index is 1.04. The third kappa shape index (κ3) is 5.40. The molecule has 1 aliphatic carbocycles. The molecular weight excluding hydrogens is 689 g/mol. The van der Waals surface area contributed by atoms with Crippen LogP contribution in [0.1, 0.15) is 25.0 Å². The van der Waals surface area contributed by atoms with E-state index < -0.39 is 0 Å². The van der Waals surface area contributed by atoms with Gasteiger partial charge < -0.3 is 0 Å². The molecule has 0 bridgehead atoms. The summed E-state index contributed by atoms with van der Waals surface area (Å²) in [6.45, 7) is 4.71. The average molecular weight is 727 g/mol. The van der Waals surface area contributed by atoms with Gasteiger partial charge in [0.2, 0.25) is 0 Å². The monoisotopic (exact) mass is 726 g/mol. The van der Waals surface area contributed by atoms with Gasteiger partial charge in [0.15, 0.2) is 5.82 Å². The van der Waals surface area contributed by atoms with Gasteiger partial charge in [-0.3, -0.25) is 0 Å². The van der Waals surface area contributed by atoms with Crippen LogP contribution in [0.3, 0.4) is 0 Å². The lowest BCUT2D eigenvalue weighted by Gasteiger charge is -2.21. The van der Waals surface area contributed by atoms with E-state index in [2.05, 4.69) is 190 Å². The second-order valence-electron chi connectivity index (χ2n) is 15.7. The molecule has 11 rings (SSSR count). The van der Waals surface area contributed by atoms with E-state index >= 15 is 0 Å².